The van der Waals surface area contributed by atoms with Crippen LogP contribution in [0, 0.1) is 11.7 Å². The van der Waals surface area contributed by atoms with E-state index < -0.39 is 23.8 Å². The van der Waals surface area contributed by atoms with Crippen LogP contribution >= 0.6 is 22.9 Å². The number of amides is 2. The standard InChI is InChI=1S/C29H29ClFN3O5S/c1-4-38-29(37)25-20-13-8-16(2)14-24(20)40-28(25)33-27(36)18-9-11-19(12-10-18)39-17(3)26(35)34-32-15-21-22(30)6-5-7-23(21)31/h5-7,9-12,15-17H,4,8,13-14H2,1-3H3,(H,33,36)(H,34,35)/b32-15-/t16-,17+/m1/s1. The Kier molecular flexibility index (Phi) is 9.54. The third-order valence-electron chi connectivity index (χ3n) is 6.38. The van der Waals surface area contributed by atoms with Gasteiger partial charge in [0.15, 0.2) is 6.10 Å². The van der Waals surface area contributed by atoms with Crippen LogP contribution in [0.3, 0.4) is 0 Å². The highest BCUT2D eigenvalue weighted by Gasteiger charge is 2.29. The topological polar surface area (TPSA) is 106 Å². The summed E-state index contributed by atoms with van der Waals surface area (Å²) in [4.78, 5) is 39.2. The number of carbonyl (C=O) groups is 3. The lowest BCUT2D eigenvalue weighted by Crippen LogP contribution is -2.33. The lowest BCUT2D eigenvalue weighted by Gasteiger charge is -2.18. The molecule has 2 aromatic carbocycles. The van der Waals surface area contributed by atoms with Gasteiger partial charge in [0, 0.05) is 16.0 Å². The Morgan fingerprint density at radius 3 is 2.67 bits per heavy atom. The lowest BCUT2D eigenvalue weighted by molar-refractivity contribution is -0.127. The normalized spacial score (nSPS) is 15.3. The Labute approximate surface area is 240 Å². The van der Waals surface area contributed by atoms with Gasteiger partial charge in [0.1, 0.15) is 16.6 Å². The molecular weight excluding hydrogens is 557 g/mol. The van der Waals surface area contributed by atoms with E-state index in [0.29, 0.717) is 27.8 Å². The number of benzene rings is 2. The van der Waals surface area contributed by atoms with Crippen molar-refractivity contribution >= 4 is 51.9 Å². The fourth-order valence-corrected chi connectivity index (χ4v) is 5.87. The average Bonchev–Trinajstić information content (AvgIpc) is 3.27. The van der Waals surface area contributed by atoms with Crippen molar-refractivity contribution in [1.29, 1.82) is 0 Å². The quantitative estimate of drug-likeness (QED) is 0.182. The number of halogens is 2. The molecule has 1 heterocycles. The summed E-state index contributed by atoms with van der Waals surface area (Å²) < 4.78 is 24.7. The summed E-state index contributed by atoms with van der Waals surface area (Å²) in [5.74, 6) is -1.07. The van der Waals surface area contributed by atoms with E-state index >= 15 is 0 Å². The molecule has 0 unspecified atom stereocenters. The predicted octanol–water partition coefficient (Wildman–Crippen LogP) is 6.01. The molecule has 2 N–H and O–H groups in total. The Hall–Kier alpha value is -3.76. The molecule has 0 saturated carbocycles. The minimum Gasteiger partial charge on any atom is -0.481 e. The van der Waals surface area contributed by atoms with Crippen LogP contribution in [-0.4, -0.2) is 36.7 Å². The number of hydrazone groups is 1. The van der Waals surface area contributed by atoms with E-state index in [4.69, 9.17) is 21.1 Å². The summed E-state index contributed by atoms with van der Waals surface area (Å²) in [6, 6.07) is 10.5. The zero-order valence-corrected chi connectivity index (χ0v) is 23.8. The van der Waals surface area contributed by atoms with Crippen LogP contribution in [0.2, 0.25) is 5.02 Å². The number of rotatable bonds is 9. The number of anilines is 1. The van der Waals surface area contributed by atoms with Crippen LogP contribution in [0.4, 0.5) is 9.39 Å². The maximum atomic E-state index is 13.8. The maximum absolute atomic E-state index is 13.8. The first kappa shape index (κ1) is 29.2. The van der Waals surface area contributed by atoms with E-state index in [-0.39, 0.29) is 23.1 Å². The van der Waals surface area contributed by atoms with Gasteiger partial charge in [-0.25, -0.2) is 14.6 Å². The zero-order chi connectivity index (χ0) is 28.8. The summed E-state index contributed by atoms with van der Waals surface area (Å²) >= 11 is 7.36. The molecule has 0 saturated heterocycles. The number of hydrogen-bond acceptors (Lipinski definition) is 7. The average molecular weight is 586 g/mol. The van der Waals surface area contributed by atoms with Gasteiger partial charge in [-0.2, -0.15) is 5.10 Å². The number of esters is 1. The second-order valence-corrected chi connectivity index (χ2v) is 10.9. The number of hydrogen-bond donors (Lipinski definition) is 2. The third kappa shape index (κ3) is 6.86. The lowest BCUT2D eigenvalue weighted by atomic mass is 9.88. The molecule has 0 fully saturated rings. The summed E-state index contributed by atoms with van der Waals surface area (Å²) in [6.45, 7) is 5.70. The van der Waals surface area contributed by atoms with Gasteiger partial charge < -0.3 is 14.8 Å². The number of nitrogens with zero attached hydrogens (tertiary/aromatic N) is 1. The van der Waals surface area contributed by atoms with E-state index in [0.717, 1.165) is 35.9 Å². The molecule has 2 amide bonds. The first-order chi connectivity index (χ1) is 19.2. The molecule has 1 aromatic heterocycles. The van der Waals surface area contributed by atoms with Crippen LogP contribution in [0.25, 0.3) is 0 Å². The van der Waals surface area contributed by atoms with Gasteiger partial charge >= 0.3 is 5.97 Å². The van der Waals surface area contributed by atoms with Gasteiger partial charge in [-0.05, 0) is 81.0 Å². The van der Waals surface area contributed by atoms with Crippen molar-refractivity contribution in [1.82, 2.24) is 5.43 Å². The Morgan fingerprint density at radius 1 is 1.23 bits per heavy atom. The Balaban J connectivity index is 1.38. The minimum absolute atomic E-state index is 0.0542. The molecule has 210 valence electrons. The maximum Gasteiger partial charge on any atom is 0.341 e. The zero-order valence-electron chi connectivity index (χ0n) is 22.3. The highest BCUT2D eigenvalue weighted by Crippen LogP contribution is 2.40. The van der Waals surface area contributed by atoms with Crippen LogP contribution in [-0.2, 0) is 22.4 Å². The van der Waals surface area contributed by atoms with Gasteiger partial charge in [0.2, 0.25) is 0 Å². The van der Waals surface area contributed by atoms with E-state index in [1.54, 1.807) is 31.2 Å². The molecule has 0 aliphatic heterocycles. The Bertz CT molecular complexity index is 1420. The van der Waals surface area contributed by atoms with E-state index in [1.807, 2.05) is 0 Å². The van der Waals surface area contributed by atoms with E-state index in [1.165, 1.54) is 36.5 Å². The number of carbonyl (C=O) groups excluding carboxylic acids is 3. The van der Waals surface area contributed by atoms with Crippen LogP contribution in [0.1, 0.15) is 63.9 Å². The second kappa shape index (κ2) is 13.1. The fourth-order valence-electron chi connectivity index (χ4n) is 4.26. The van der Waals surface area contributed by atoms with Gasteiger partial charge in [0.25, 0.3) is 11.8 Å². The third-order valence-corrected chi connectivity index (χ3v) is 7.88. The summed E-state index contributed by atoms with van der Waals surface area (Å²) in [7, 11) is 0. The van der Waals surface area contributed by atoms with Gasteiger partial charge in [-0.15, -0.1) is 11.3 Å². The molecule has 1 aliphatic rings. The van der Waals surface area contributed by atoms with Crippen molar-refractivity contribution in [2.24, 2.45) is 11.0 Å². The molecule has 8 nitrogen and oxygen atoms in total. The van der Waals surface area contributed by atoms with Crippen molar-refractivity contribution < 1.29 is 28.2 Å². The molecule has 0 spiro atoms. The monoisotopic (exact) mass is 585 g/mol. The van der Waals surface area contributed by atoms with Crippen molar-refractivity contribution in [3.8, 4) is 5.75 Å². The molecule has 0 radical (unpaired) electrons. The SMILES string of the molecule is CCOC(=O)c1c(NC(=O)c2ccc(O[C@@H](C)C(=O)N/N=C\c3c(F)cccc3Cl)cc2)sc2c1CC[C@@H](C)C2. The largest absolute Gasteiger partial charge is 0.481 e. The molecule has 40 heavy (non-hydrogen) atoms. The first-order valence-corrected chi connectivity index (χ1v) is 14.0. The van der Waals surface area contributed by atoms with Gasteiger partial charge in [0.05, 0.1) is 23.4 Å². The van der Waals surface area contributed by atoms with Gasteiger partial charge in [-0.3, -0.25) is 9.59 Å². The van der Waals surface area contributed by atoms with Crippen molar-refractivity contribution in [2.45, 2.75) is 46.1 Å². The summed E-state index contributed by atoms with van der Waals surface area (Å²) in [6.07, 6.45) is 2.81. The molecule has 1 aliphatic carbocycles. The highest BCUT2D eigenvalue weighted by atomic mass is 35.5. The van der Waals surface area contributed by atoms with Crippen LogP contribution in [0.5, 0.6) is 5.75 Å². The minimum atomic E-state index is -0.931. The number of nitrogens with one attached hydrogen (secondary N) is 2. The van der Waals surface area contributed by atoms with E-state index in [2.05, 4.69) is 22.8 Å². The van der Waals surface area contributed by atoms with Gasteiger partial charge in [-0.1, -0.05) is 24.6 Å². The summed E-state index contributed by atoms with van der Waals surface area (Å²) in [5, 5.41) is 7.29. The van der Waals surface area contributed by atoms with Crippen LogP contribution < -0.4 is 15.5 Å². The fraction of sp³-hybridized carbons (Fsp3) is 0.310. The van der Waals surface area contributed by atoms with Crippen molar-refractivity contribution in [3.05, 3.63) is 80.4 Å². The molecular formula is C29H29ClFN3O5S. The first-order valence-electron chi connectivity index (χ1n) is 12.8. The smallest absolute Gasteiger partial charge is 0.341 e. The molecule has 11 heteroatoms. The predicted molar refractivity (Wildman–Crippen MR) is 153 cm³/mol. The number of thiophene rings is 1. The Morgan fingerprint density at radius 2 is 1.98 bits per heavy atom. The van der Waals surface area contributed by atoms with E-state index in [9.17, 15) is 18.8 Å². The van der Waals surface area contributed by atoms with Crippen molar-refractivity contribution in [3.63, 3.8) is 0 Å². The second-order valence-electron chi connectivity index (χ2n) is 9.38. The molecule has 0 bridgehead atoms. The molecule has 2 atom stereocenters. The summed E-state index contributed by atoms with van der Waals surface area (Å²) in [5.41, 5.74) is 4.11. The number of ether oxygens (including phenoxy) is 2. The van der Waals surface area contributed by atoms with Crippen molar-refractivity contribution in [2.75, 3.05) is 11.9 Å². The molecule has 4 rings (SSSR count). The van der Waals surface area contributed by atoms with Crippen LogP contribution in [0.15, 0.2) is 47.6 Å². The molecule has 3 aromatic rings. The highest BCUT2D eigenvalue weighted by molar-refractivity contribution is 7.17. The number of fused-ring (bicyclic) bond motifs is 1.